The van der Waals surface area contributed by atoms with Crippen molar-refractivity contribution in [2.45, 2.75) is 97.8 Å². The quantitative estimate of drug-likeness (QED) is 0.352. The molecule has 9 nitrogen and oxygen atoms in total. The topological polar surface area (TPSA) is 142 Å². The zero-order valence-corrected chi connectivity index (χ0v) is 20.4. The zero-order valence-electron chi connectivity index (χ0n) is 20.4. The number of likely N-dealkylation sites (tertiary alicyclic amines) is 1. The molecule has 0 saturated carbocycles. The molecule has 7 unspecified atom stereocenters. The number of hydrogen-bond donors (Lipinski definition) is 4. The van der Waals surface area contributed by atoms with Gasteiger partial charge in [-0.3, -0.25) is 14.4 Å². The van der Waals surface area contributed by atoms with Crippen molar-refractivity contribution < 1.29 is 24.3 Å². The number of carboxylic acid groups (broad SMARTS) is 1. The fourth-order valence-corrected chi connectivity index (χ4v) is 3.87. The Hall–Kier alpha value is -2.16. The van der Waals surface area contributed by atoms with Gasteiger partial charge in [0.05, 0.1) is 6.04 Å². The highest BCUT2D eigenvalue weighted by atomic mass is 16.4. The third kappa shape index (κ3) is 6.92. The van der Waals surface area contributed by atoms with Crippen LogP contribution in [0.5, 0.6) is 0 Å². The van der Waals surface area contributed by atoms with E-state index in [2.05, 4.69) is 10.6 Å². The second-order valence-electron chi connectivity index (χ2n) is 9.18. The number of nitrogens with zero attached hydrogens (tertiary/aromatic N) is 1. The van der Waals surface area contributed by atoms with E-state index in [-0.39, 0.29) is 23.7 Å². The van der Waals surface area contributed by atoms with Crippen molar-refractivity contribution in [2.24, 2.45) is 23.5 Å². The summed E-state index contributed by atoms with van der Waals surface area (Å²) < 4.78 is 0. The van der Waals surface area contributed by atoms with Gasteiger partial charge in [0.15, 0.2) is 0 Å². The second kappa shape index (κ2) is 12.8. The molecule has 1 saturated heterocycles. The van der Waals surface area contributed by atoms with E-state index in [1.165, 1.54) is 4.90 Å². The minimum absolute atomic E-state index is 0.000964. The minimum Gasteiger partial charge on any atom is -0.480 e. The van der Waals surface area contributed by atoms with Crippen LogP contribution in [-0.4, -0.2) is 64.4 Å². The molecule has 1 fully saturated rings. The monoisotopic (exact) mass is 454 g/mol. The average molecular weight is 455 g/mol. The van der Waals surface area contributed by atoms with E-state index in [4.69, 9.17) is 5.73 Å². The number of carbonyl (C=O) groups excluding carboxylic acids is 3. The SMILES string of the molecule is CCC(C)C(N)C(=O)N1CCCC1C(=O)NC(C(=O)NC(C(=O)O)C(C)CC)C(C)CC. The third-order valence-corrected chi connectivity index (χ3v) is 6.95. The van der Waals surface area contributed by atoms with E-state index in [1.807, 2.05) is 34.6 Å². The Morgan fingerprint density at radius 1 is 0.938 bits per heavy atom. The molecular formula is C23H42N4O5. The largest absolute Gasteiger partial charge is 0.480 e. The summed E-state index contributed by atoms with van der Waals surface area (Å²) in [6, 6.07) is -3.27. The predicted molar refractivity (Wildman–Crippen MR) is 123 cm³/mol. The third-order valence-electron chi connectivity index (χ3n) is 6.95. The fraction of sp³-hybridized carbons (Fsp3) is 0.826. The van der Waals surface area contributed by atoms with Crippen molar-refractivity contribution in [3.63, 3.8) is 0 Å². The van der Waals surface area contributed by atoms with Gasteiger partial charge < -0.3 is 26.4 Å². The number of nitrogens with two attached hydrogens (primary N) is 1. The van der Waals surface area contributed by atoms with Crippen LogP contribution in [0.2, 0.25) is 0 Å². The highest BCUT2D eigenvalue weighted by Gasteiger charge is 2.39. The number of hydrogen-bond acceptors (Lipinski definition) is 5. The Morgan fingerprint density at radius 3 is 1.97 bits per heavy atom. The summed E-state index contributed by atoms with van der Waals surface area (Å²) in [5.74, 6) is -2.74. The number of nitrogens with one attached hydrogen (secondary N) is 2. The van der Waals surface area contributed by atoms with E-state index in [9.17, 15) is 24.3 Å². The molecule has 1 aliphatic rings. The van der Waals surface area contributed by atoms with Crippen molar-refractivity contribution in [3.05, 3.63) is 0 Å². The fourth-order valence-electron chi connectivity index (χ4n) is 3.87. The van der Waals surface area contributed by atoms with Gasteiger partial charge in [-0.25, -0.2) is 4.79 Å². The second-order valence-corrected chi connectivity index (χ2v) is 9.18. The van der Waals surface area contributed by atoms with Crippen LogP contribution in [0.3, 0.4) is 0 Å². The van der Waals surface area contributed by atoms with Gasteiger partial charge in [-0.05, 0) is 30.6 Å². The predicted octanol–water partition coefficient (Wildman–Crippen LogP) is 1.50. The van der Waals surface area contributed by atoms with Crippen molar-refractivity contribution in [2.75, 3.05) is 6.54 Å². The van der Waals surface area contributed by atoms with Crippen LogP contribution in [0.1, 0.15) is 73.6 Å². The molecule has 32 heavy (non-hydrogen) atoms. The van der Waals surface area contributed by atoms with E-state index in [0.29, 0.717) is 32.2 Å². The van der Waals surface area contributed by atoms with Crippen LogP contribution in [0.4, 0.5) is 0 Å². The molecule has 0 spiro atoms. The van der Waals surface area contributed by atoms with Crippen LogP contribution in [0.15, 0.2) is 0 Å². The van der Waals surface area contributed by atoms with E-state index in [1.54, 1.807) is 6.92 Å². The molecule has 3 amide bonds. The number of carbonyl (C=O) groups is 4. The van der Waals surface area contributed by atoms with Gasteiger partial charge in [0.25, 0.3) is 0 Å². The lowest BCUT2D eigenvalue weighted by Crippen LogP contribution is -2.59. The number of amides is 3. The Labute approximate surface area is 191 Å². The number of rotatable bonds is 12. The van der Waals surface area contributed by atoms with Gasteiger partial charge in [0, 0.05) is 6.54 Å². The molecule has 5 N–H and O–H groups in total. The summed E-state index contributed by atoms with van der Waals surface area (Å²) in [6.45, 7) is 11.7. The van der Waals surface area contributed by atoms with Crippen LogP contribution in [0.25, 0.3) is 0 Å². The lowest BCUT2D eigenvalue weighted by atomic mass is 9.95. The molecule has 0 aromatic rings. The summed E-state index contributed by atoms with van der Waals surface area (Å²) in [5, 5.41) is 14.9. The van der Waals surface area contributed by atoms with Gasteiger partial charge in [-0.2, -0.15) is 0 Å². The van der Waals surface area contributed by atoms with Crippen LogP contribution < -0.4 is 16.4 Å². The number of carboxylic acids is 1. The molecule has 1 aliphatic heterocycles. The van der Waals surface area contributed by atoms with Crippen LogP contribution >= 0.6 is 0 Å². The van der Waals surface area contributed by atoms with E-state index < -0.39 is 42.0 Å². The maximum Gasteiger partial charge on any atom is 0.326 e. The summed E-state index contributed by atoms with van der Waals surface area (Å²) in [7, 11) is 0. The van der Waals surface area contributed by atoms with Gasteiger partial charge >= 0.3 is 5.97 Å². The first-order chi connectivity index (χ1) is 15.0. The highest BCUT2D eigenvalue weighted by Crippen LogP contribution is 2.21. The molecular weight excluding hydrogens is 412 g/mol. The maximum absolute atomic E-state index is 13.1. The smallest absolute Gasteiger partial charge is 0.326 e. The zero-order chi connectivity index (χ0) is 24.6. The van der Waals surface area contributed by atoms with Gasteiger partial charge in [-0.1, -0.05) is 60.8 Å². The summed E-state index contributed by atoms with van der Waals surface area (Å²) in [5.41, 5.74) is 6.11. The first-order valence-electron chi connectivity index (χ1n) is 11.9. The molecule has 0 bridgehead atoms. The van der Waals surface area contributed by atoms with Gasteiger partial charge in [-0.15, -0.1) is 0 Å². The van der Waals surface area contributed by atoms with Gasteiger partial charge in [0.2, 0.25) is 17.7 Å². The first kappa shape index (κ1) is 27.9. The molecule has 1 rings (SSSR count). The van der Waals surface area contributed by atoms with Crippen molar-refractivity contribution in [1.29, 1.82) is 0 Å². The normalized spacial score (nSPS) is 21.7. The van der Waals surface area contributed by atoms with Crippen LogP contribution in [-0.2, 0) is 19.2 Å². The lowest BCUT2D eigenvalue weighted by Gasteiger charge is -2.31. The van der Waals surface area contributed by atoms with Crippen molar-refractivity contribution in [1.82, 2.24) is 15.5 Å². The van der Waals surface area contributed by atoms with Gasteiger partial charge in [0.1, 0.15) is 18.1 Å². The maximum atomic E-state index is 13.1. The lowest BCUT2D eigenvalue weighted by molar-refractivity contribution is -0.144. The Bertz CT molecular complexity index is 671. The molecule has 0 aromatic carbocycles. The molecule has 0 radical (unpaired) electrons. The molecule has 0 aliphatic carbocycles. The first-order valence-corrected chi connectivity index (χ1v) is 11.9. The Morgan fingerprint density at radius 2 is 1.47 bits per heavy atom. The Balaban J connectivity index is 2.99. The average Bonchev–Trinajstić information content (AvgIpc) is 3.27. The molecule has 9 heteroatoms. The summed E-state index contributed by atoms with van der Waals surface area (Å²) >= 11 is 0. The van der Waals surface area contributed by atoms with Crippen molar-refractivity contribution >= 4 is 23.7 Å². The Kier molecular flexibility index (Phi) is 11.1. The summed E-state index contributed by atoms with van der Waals surface area (Å²) in [6.07, 6.45) is 3.16. The minimum atomic E-state index is -1.10. The molecule has 1 heterocycles. The molecule has 0 aromatic heterocycles. The van der Waals surface area contributed by atoms with E-state index in [0.717, 1.165) is 6.42 Å². The van der Waals surface area contributed by atoms with Crippen molar-refractivity contribution in [3.8, 4) is 0 Å². The molecule has 184 valence electrons. The molecule has 7 atom stereocenters. The summed E-state index contributed by atoms with van der Waals surface area (Å²) in [4.78, 5) is 52.1. The highest BCUT2D eigenvalue weighted by molar-refractivity contribution is 5.94. The standard InChI is InChI=1S/C23H42N4O5/c1-7-13(4)17(24)22(30)27-12-10-11-16(27)20(28)25-18(14(5)8-2)21(29)26-19(23(31)32)15(6)9-3/h13-19H,7-12,24H2,1-6H3,(H,25,28)(H,26,29)(H,31,32). The van der Waals surface area contributed by atoms with E-state index >= 15 is 0 Å². The number of aliphatic carboxylic acids is 1. The van der Waals surface area contributed by atoms with Crippen LogP contribution in [0, 0.1) is 17.8 Å².